The van der Waals surface area contributed by atoms with E-state index in [0.717, 1.165) is 11.3 Å². The van der Waals surface area contributed by atoms with Crippen molar-refractivity contribution in [3.63, 3.8) is 0 Å². The smallest absolute Gasteiger partial charge is 0.234 e. The molecule has 0 aliphatic heterocycles. The van der Waals surface area contributed by atoms with Crippen molar-refractivity contribution in [2.75, 3.05) is 16.6 Å². The van der Waals surface area contributed by atoms with Gasteiger partial charge in [-0.25, -0.2) is 8.42 Å². The highest BCUT2D eigenvalue weighted by atomic mass is 32.2. The highest BCUT2D eigenvalue weighted by Gasteiger charge is 2.20. The molecule has 3 aromatic rings. The Hall–Kier alpha value is -2.86. The number of ether oxygens (including phenoxy) is 1. The first kappa shape index (κ1) is 18.9. The van der Waals surface area contributed by atoms with E-state index in [1.807, 2.05) is 42.5 Å². The van der Waals surface area contributed by atoms with E-state index in [-0.39, 0.29) is 5.75 Å². The zero-order chi connectivity index (χ0) is 19.1. The molecule has 0 aliphatic rings. The van der Waals surface area contributed by atoms with Crippen molar-refractivity contribution in [3.8, 4) is 11.5 Å². The molecule has 3 rings (SSSR count). The van der Waals surface area contributed by atoms with Crippen molar-refractivity contribution in [1.82, 2.24) is 4.98 Å². The third-order valence-corrected chi connectivity index (χ3v) is 5.93. The first-order chi connectivity index (χ1) is 13.1. The van der Waals surface area contributed by atoms with Crippen molar-refractivity contribution in [1.29, 1.82) is 0 Å². The van der Waals surface area contributed by atoms with Gasteiger partial charge in [0.2, 0.25) is 10.0 Å². The lowest BCUT2D eigenvalue weighted by molar-refractivity contribution is 0.482. The van der Waals surface area contributed by atoms with Crippen molar-refractivity contribution in [2.45, 2.75) is 13.3 Å². The van der Waals surface area contributed by atoms with Gasteiger partial charge < -0.3 is 4.74 Å². The molecule has 0 fully saturated rings. The molecule has 6 heteroatoms. The lowest BCUT2D eigenvalue weighted by Crippen LogP contribution is -2.34. The van der Waals surface area contributed by atoms with Gasteiger partial charge in [-0.05, 0) is 61.4 Å². The zero-order valence-electron chi connectivity index (χ0n) is 15.2. The minimum absolute atomic E-state index is 0.0440. The van der Waals surface area contributed by atoms with Crippen LogP contribution in [-0.4, -0.2) is 25.7 Å². The van der Waals surface area contributed by atoms with E-state index < -0.39 is 10.0 Å². The van der Waals surface area contributed by atoms with Crippen LogP contribution in [0.3, 0.4) is 0 Å². The fourth-order valence-corrected chi connectivity index (χ4v) is 3.79. The van der Waals surface area contributed by atoms with Gasteiger partial charge in [0.05, 0.1) is 11.4 Å². The van der Waals surface area contributed by atoms with Crippen LogP contribution in [0.25, 0.3) is 0 Å². The lowest BCUT2D eigenvalue weighted by atomic mass is 10.2. The molecule has 0 atom stereocenters. The van der Waals surface area contributed by atoms with Gasteiger partial charge in [0.15, 0.2) is 0 Å². The SMILES string of the molecule is CCS(=O)(=O)N(CCc1cccnc1)c1ccc(Oc2ccccc2)cc1. The normalized spacial score (nSPS) is 11.1. The summed E-state index contributed by atoms with van der Waals surface area (Å²) in [4.78, 5) is 4.08. The number of sulfonamides is 1. The molecule has 1 heterocycles. The predicted molar refractivity (Wildman–Crippen MR) is 108 cm³/mol. The van der Waals surface area contributed by atoms with Gasteiger partial charge in [-0.1, -0.05) is 24.3 Å². The zero-order valence-corrected chi connectivity index (χ0v) is 16.0. The van der Waals surface area contributed by atoms with Gasteiger partial charge in [0.1, 0.15) is 11.5 Å². The number of nitrogens with zero attached hydrogens (tertiary/aromatic N) is 2. The second kappa shape index (κ2) is 8.68. The molecule has 27 heavy (non-hydrogen) atoms. The number of hydrogen-bond acceptors (Lipinski definition) is 4. The Kier molecular flexibility index (Phi) is 6.08. The van der Waals surface area contributed by atoms with Crippen molar-refractivity contribution in [3.05, 3.63) is 84.7 Å². The van der Waals surface area contributed by atoms with Crippen molar-refractivity contribution >= 4 is 15.7 Å². The van der Waals surface area contributed by atoms with Crippen LogP contribution >= 0.6 is 0 Å². The van der Waals surface area contributed by atoms with Gasteiger partial charge in [-0.15, -0.1) is 0 Å². The molecular weight excluding hydrogens is 360 g/mol. The van der Waals surface area contributed by atoms with Crippen LogP contribution in [0.2, 0.25) is 0 Å². The van der Waals surface area contributed by atoms with Gasteiger partial charge in [-0.2, -0.15) is 0 Å². The predicted octanol–water partition coefficient (Wildman–Crippen LogP) is 4.27. The minimum Gasteiger partial charge on any atom is -0.457 e. The second-order valence-corrected chi connectivity index (χ2v) is 8.17. The fourth-order valence-electron chi connectivity index (χ4n) is 2.67. The summed E-state index contributed by atoms with van der Waals surface area (Å²) in [6.45, 7) is 2.01. The van der Waals surface area contributed by atoms with Crippen LogP contribution in [0.15, 0.2) is 79.1 Å². The number of rotatable bonds is 8. The number of anilines is 1. The molecule has 0 aliphatic carbocycles. The van der Waals surface area contributed by atoms with Crippen LogP contribution in [-0.2, 0) is 16.4 Å². The topological polar surface area (TPSA) is 59.5 Å². The Bertz CT molecular complexity index is 944. The van der Waals surface area contributed by atoms with E-state index in [2.05, 4.69) is 4.98 Å². The molecule has 0 saturated carbocycles. The molecule has 2 aromatic carbocycles. The lowest BCUT2D eigenvalue weighted by Gasteiger charge is -2.24. The summed E-state index contributed by atoms with van der Waals surface area (Å²) in [6.07, 6.45) is 4.05. The Morgan fingerprint density at radius 2 is 1.63 bits per heavy atom. The molecule has 0 saturated heterocycles. The highest BCUT2D eigenvalue weighted by molar-refractivity contribution is 7.92. The molecule has 1 aromatic heterocycles. The summed E-state index contributed by atoms with van der Waals surface area (Å²) in [5, 5.41) is 0. The molecule has 0 unspecified atom stereocenters. The molecule has 140 valence electrons. The molecule has 0 amide bonds. The maximum atomic E-state index is 12.6. The Morgan fingerprint density at radius 1 is 0.926 bits per heavy atom. The first-order valence-electron chi connectivity index (χ1n) is 8.81. The number of hydrogen-bond donors (Lipinski definition) is 0. The van der Waals surface area contributed by atoms with Crippen LogP contribution in [0.4, 0.5) is 5.69 Å². The fraction of sp³-hybridized carbons (Fsp3) is 0.190. The largest absolute Gasteiger partial charge is 0.457 e. The average Bonchev–Trinajstić information content (AvgIpc) is 2.71. The third kappa shape index (κ3) is 5.08. The van der Waals surface area contributed by atoms with Crippen LogP contribution < -0.4 is 9.04 Å². The molecule has 0 N–H and O–H groups in total. The average molecular weight is 382 g/mol. The Morgan fingerprint density at radius 3 is 2.26 bits per heavy atom. The third-order valence-electron chi connectivity index (χ3n) is 4.13. The standard InChI is InChI=1S/C21H22N2O3S/c1-2-27(24,25)23(16-14-18-7-6-15-22-17-18)19-10-12-21(13-11-19)26-20-8-4-3-5-9-20/h3-13,15,17H,2,14,16H2,1H3. The van der Waals surface area contributed by atoms with E-state index >= 15 is 0 Å². The Labute approximate surface area is 160 Å². The van der Waals surface area contributed by atoms with Gasteiger partial charge in [0.25, 0.3) is 0 Å². The molecular formula is C21H22N2O3S. The minimum atomic E-state index is -3.38. The van der Waals surface area contributed by atoms with Crippen molar-refractivity contribution < 1.29 is 13.2 Å². The molecule has 5 nitrogen and oxygen atoms in total. The number of aromatic nitrogens is 1. The first-order valence-corrected chi connectivity index (χ1v) is 10.4. The van der Waals surface area contributed by atoms with Gasteiger partial charge in [-0.3, -0.25) is 9.29 Å². The highest BCUT2D eigenvalue weighted by Crippen LogP contribution is 2.26. The van der Waals surface area contributed by atoms with Gasteiger partial charge >= 0.3 is 0 Å². The molecule has 0 spiro atoms. The summed E-state index contributed by atoms with van der Waals surface area (Å²) in [6, 6.07) is 20.4. The Balaban J connectivity index is 1.77. The van der Waals surface area contributed by atoms with Crippen LogP contribution in [0.5, 0.6) is 11.5 Å². The number of para-hydroxylation sites is 1. The molecule has 0 bridgehead atoms. The maximum absolute atomic E-state index is 12.6. The van der Waals surface area contributed by atoms with Crippen molar-refractivity contribution in [2.24, 2.45) is 0 Å². The summed E-state index contributed by atoms with van der Waals surface area (Å²) in [7, 11) is -3.38. The second-order valence-electron chi connectivity index (χ2n) is 5.99. The number of benzene rings is 2. The molecule has 0 radical (unpaired) electrons. The maximum Gasteiger partial charge on any atom is 0.234 e. The monoisotopic (exact) mass is 382 g/mol. The van der Waals surface area contributed by atoms with E-state index in [4.69, 9.17) is 4.74 Å². The summed E-state index contributed by atoms with van der Waals surface area (Å²) in [5.74, 6) is 1.44. The summed E-state index contributed by atoms with van der Waals surface area (Å²) in [5.41, 5.74) is 1.62. The van der Waals surface area contributed by atoms with E-state index in [0.29, 0.717) is 24.4 Å². The van der Waals surface area contributed by atoms with E-state index in [1.54, 1.807) is 43.6 Å². The van der Waals surface area contributed by atoms with Gasteiger partial charge in [0, 0.05) is 18.9 Å². The number of pyridine rings is 1. The summed E-state index contributed by atoms with van der Waals surface area (Å²) >= 11 is 0. The van der Waals surface area contributed by atoms with Crippen LogP contribution in [0, 0.1) is 0 Å². The van der Waals surface area contributed by atoms with E-state index in [1.165, 1.54) is 4.31 Å². The van der Waals surface area contributed by atoms with E-state index in [9.17, 15) is 8.42 Å². The summed E-state index contributed by atoms with van der Waals surface area (Å²) < 4.78 is 32.4. The quantitative estimate of drug-likeness (QED) is 0.584. The van der Waals surface area contributed by atoms with Crippen LogP contribution in [0.1, 0.15) is 12.5 Å².